The van der Waals surface area contributed by atoms with Crippen LogP contribution in [0.25, 0.3) is 0 Å². The maximum absolute atomic E-state index is 13.9. The number of anilines is 1. The Morgan fingerprint density at radius 3 is 2.03 bits per heavy atom. The molecule has 29 heavy (non-hydrogen) atoms. The van der Waals surface area contributed by atoms with Crippen LogP contribution in [0.1, 0.15) is 20.7 Å². The summed E-state index contributed by atoms with van der Waals surface area (Å²) in [5.41, 5.74) is -1.70. The van der Waals surface area contributed by atoms with E-state index in [2.05, 4.69) is 0 Å². The van der Waals surface area contributed by atoms with Gasteiger partial charge in [-0.05, 0) is 30.3 Å². The monoisotopic (exact) mass is 420 g/mol. The van der Waals surface area contributed by atoms with Crippen molar-refractivity contribution in [3.8, 4) is 0 Å². The van der Waals surface area contributed by atoms with Gasteiger partial charge in [-0.25, -0.2) is 18.0 Å². The predicted octanol–water partition coefficient (Wildman–Crippen LogP) is 3.10. The highest BCUT2D eigenvalue weighted by Gasteiger charge is 2.46. The molecule has 2 amide bonds. The maximum Gasteiger partial charge on any atom is 0.419 e. The van der Waals surface area contributed by atoms with Crippen LogP contribution in [0.3, 0.4) is 0 Å². The third kappa shape index (κ3) is 5.24. The minimum Gasteiger partial charge on any atom is -0.479 e. The van der Waals surface area contributed by atoms with Crippen molar-refractivity contribution in [3.63, 3.8) is 0 Å². The van der Waals surface area contributed by atoms with Crippen molar-refractivity contribution >= 4 is 23.5 Å². The topological polar surface area (TPSA) is 95.5 Å². The van der Waals surface area contributed by atoms with Crippen LogP contribution in [-0.4, -0.2) is 35.1 Å². The van der Waals surface area contributed by atoms with Gasteiger partial charge in [-0.3, -0.25) is 9.59 Å². The number of carboxylic acids is 1. The first-order chi connectivity index (χ1) is 13.4. The first-order valence-electron chi connectivity index (χ1n) is 7.56. The fourth-order valence-electron chi connectivity index (χ4n) is 2.11. The van der Waals surface area contributed by atoms with Crippen LogP contribution in [0.15, 0.2) is 36.4 Å². The van der Waals surface area contributed by atoms with Crippen LogP contribution in [-0.2, 0) is 4.79 Å². The Bertz CT molecular complexity index is 977. The van der Waals surface area contributed by atoms with Gasteiger partial charge in [0.1, 0.15) is 5.82 Å². The molecule has 12 heteroatoms. The number of nitrogens with one attached hydrogen (secondary N) is 2. The molecule has 0 aliphatic rings. The van der Waals surface area contributed by atoms with E-state index in [9.17, 15) is 40.7 Å². The van der Waals surface area contributed by atoms with Gasteiger partial charge in [0.15, 0.2) is 11.6 Å². The number of carbonyl (C=O) groups excluding carboxylic acids is 2. The predicted molar refractivity (Wildman–Crippen MR) is 85.7 cm³/mol. The Morgan fingerprint density at radius 2 is 1.48 bits per heavy atom. The van der Waals surface area contributed by atoms with E-state index in [0.717, 1.165) is 12.1 Å². The lowest BCUT2D eigenvalue weighted by molar-refractivity contribution is -0.178. The maximum atomic E-state index is 13.9. The van der Waals surface area contributed by atoms with Crippen molar-refractivity contribution < 1.29 is 45.8 Å². The molecule has 3 N–H and O–H groups in total. The number of alkyl halides is 3. The van der Waals surface area contributed by atoms with Crippen LogP contribution >= 0.6 is 0 Å². The summed E-state index contributed by atoms with van der Waals surface area (Å²) < 4.78 is 77.9. The molecule has 154 valence electrons. The van der Waals surface area contributed by atoms with E-state index in [1.165, 1.54) is 5.32 Å². The number of carboxylic acid groups (broad SMARTS) is 1. The standard InChI is InChI=1S/C17H10F6N2O4/c18-10-3-1-7(14(26)25-13(16(28)29)17(21,22)23)5-9(10)15(27)24-8-2-4-11(19)12(20)6-8/h1-6,13H,(H,24,27)(H,25,26)(H,28,29)/t13-/m1/s1. The number of amides is 2. The van der Waals surface area contributed by atoms with Crippen LogP contribution in [0.2, 0.25) is 0 Å². The zero-order valence-electron chi connectivity index (χ0n) is 14.0. The molecule has 0 aliphatic heterocycles. The molecule has 0 aliphatic carbocycles. The van der Waals surface area contributed by atoms with Crippen molar-refractivity contribution in [3.05, 3.63) is 65.0 Å². The van der Waals surface area contributed by atoms with E-state index in [1.54, 1.807) is 0 Å². The number of carbonyl (C=O) groups is 3. The molecule has 0 bridgehead atoms. The van der Waals surface area contributed by atoms with Gasteiger partial charge in [0.2, 0.25) is 6.04 Å². The van der Waals surface area contributed by atoms with E-state index in [4.69, 9.17) is 5.11 Å². The van der Waals surface area contributed by atoms with E-state index in [1.807, 2.05) is 5.32 Å². The van der Waals surface area contributed by atoms with Gasteiger partial charge in [-0.1, -0.05) is 0 Å². The van der Waals surface area contributed by atoms with E-state index in [0.29, 0.717) is 24.3 Å². The molecule has 2 aromatic carbocycles. The SMILES string of the molecule is O=C(N[C@H](C(=O)O)C(F)(F)F)c1ccc(F)c(C(=O)Nc2ccc(F)c(F)c2)c1. The Labute approximate surface area is 158 Å². The molecule has 2 aromatic rings. The third-order valence-electron chi connectivity index (χ3n) is 3.50. The van der Waals surface area contributed by atoms with Crippen molar-refractivity contribution in [2.24, 2.45) is 0 Å². The Balaban J connectivity index is 2.26. The quantitative estimate of drug-likeness (QED) is 0.648. The van der Waals surface area contributed by atoms with Crippen molar-refractivity contribution in [1.29, 1.82) is 0 Å². The van der Waals surface area contributed by atoms with Crippen LogP contribution < -0.4 is 10.6 Å². The van der Waals surface area contributed by atoms with Crippen LogP contribution in [0.5, 0.6) is 0 Å². The number of hydrogen-bond acceptors (Lipinski definition) is 3. The molecule has 2 rings (SSSR count). The highest BCUT2D eigenvalue weighted by atomic mass is 19.4. The molecule has 0 fully saturated rings. The van der Waals surface area contributed by atoms with E-state index >= 15 is 0 Å². The summed E-state index contributed by atoms with van der Waals surface area (Å²) in [4.78, 5) is 34.7. The number of benzene rings is 2. The van der Waals surface area contributed by atoms with Gasteiger partial charge in [0, 0.05) is 17.3 Å². The smallest absolute Gasteiger partial charge is 0.419 e. The molecule has 0 saturated heterocycles. The van der Waals surface area contributed by atoms with Crippen molar-refractivity contribution in [1.82, 2.24) is 5.32 Å². The van der Waals surface area contributed by atoms with E-state index < -0.39 is 58.6 Å². The lowest BCUT2D eigenvalue weighted by Gasteiger charge is -2.17. The molecule has 0 unspecified atom stereocenters. The van der Waals surface area contributed by atoms with Gasteiger partial charge < -0.3 is 15.7 Å². The zero-order valence-corrected chi connectivity index (χ0v) is 14.0. The normalized spacial score (nSPS) is 12.2. The van der Waals surface area contributed by atoms with Crippen LogP contribution in [0.4, 0.5) is 32.0 Å². The molecular formula is C17H10F6N2O4. The summed E-state index contributed by atoms with van der Waals surface area (Å²) in [6.45, 7) is 0. The summed E-state index contributed by atoms with van der Waals surface area (Å²) in [6.07, 6.45) is -5.30. The lowest BCUT2D eigenvalue weighted by Crippen LogP contribution is -2.50. The molecule has 0 aromatic heterocycles. The van der Waals surface area contributed by atoms with Crippen molar-refractivity contribution in [2.45, 2.75) is 12.2 Å². The number of hydrogen-bond donors (Lipinski definition) is 3. The Hall–Kier alpha value is -3.57. The molecular weight excluding hydrogens is 410 g/mol. The van der Waals surface area contributed by atoms with Gasteiger partial charge >= 0.3 is 12.1 Å². The van der Waals surface area contributed by atoms with Crippen molar-refractivity contribution in [2.75, 3.05) is 5.32 Å². The van der Waals surface area contributed by atoms with Gasteiger partial charge in [-0.15, -0.1) is 0 Å². The molecule has 0 radical (unpaired) electrons. The minimum atomic E-state index is -5.30. The fraction of sp³-hybridized carbons (Fsp3) is 0.118. The first kappa shape index (κ1) is 21.7. The summed E-state index contributed by atoms with van der Waals surface area (Å²) in [5.74, 6) is -8.80. The number of rotatable bonds is 5. The lowest BCUT2D eigenvalue weighted by atomic mass is 10.1. The van der Waals surface area contributed by atoms with Gasteiger partial charge in [0.25, 0.3) is 11.8 Å². The highest BCUT2D eigenvalue weighted by Crippen LogP contribution is 2.21. The molecule has 1 atom stereocenters. The molecule has 0 spiro atoms. The Morgan fingerprint density at radius 1 is 0.862 bits per heavy atom. The summed E-state index contributed by atoms with van der Waals surface area (Å²) in [6, 6.07) is 0.934. The summed E-state index contributed by atoms with van der Waals surface area (Å²) in [5, 5.41) is 11.8. The largest absolute Gasteiger partial charge is 0.479 e. The fourth-order valence-corrected chi connectivity index (χ4v) is 2.11. The Kier molecular flexibility index (Phi) is 6.15. The number of halogens is 6. The molecule has 0 saturated carbocycles. The van der Waals surface area contributed by atoms with Crippen LogP contribution in [0, 0.1) is 17.5 Å². The minimum absolute atomic E-state index is 0.258. The highest BCUT2D eigenvalue weighted by molar-refractivity contribution is 6.06. The number of aliphatic carboxylic acids is 1. The van der Waals surface area contributed by atoms with Gasteiger partial charge in [0.05, 0.1) is 5.56 Å². The average molecular weight is 420 g/mol. The zero-order chi connectivity index (χ0) is 21.9. The second-order valence-corrected chi connectivity index (χ2v) is 5.56. The third-order valence-corrected chi connectivity index (χ3v) is 3.50. The molecule has 0 heterocycles. The second kappa shape index (κ2) is 8.20. The second-order valence-electron chi connectivity index (χ2n) is 5.56. The van der Waals surface area contributed by atoms with E-state index in [-0.39, 0.29) is 5.69 Å². The van der Waals surface area contributed by atoms with Gasteiger partial charge in [-0.2, -0.15) is 13.2 Å². The summed E-state index contributed by atoms with van der Waals surface area (Å²) in [7, 11) is 0. The molecule has 6 nitrogen and oxygen atoms in total. The average Bonchev–Trinajstić information content (AvgIpc) is 2.61. The summed E-state index contributed by atoms with van der Waals surface area (Å²) >= 11 is 0. The first-order valence-corrected chi connectivity index (χ1v) is 7.56.